The smallest absolute Gasteiger partial charge is 0.252 e. The normalized spacial score (nSPS) is 13.3. The summed E-state index contributed by atoms with van der Waals surface area (Å²) in [5.41, 5.74) is 2.54. The van der Waals surface area contributed by atoms with Gasteiger partial charge in [-0.3, -0.25) is 4.79 Å². The third-order valence-electron chi connectivity index (χ3n) is 4.63. The average molecular weight is 384 g/mol. The van der Waals surface area contributed by atoms with Gasteiger partial charge >= 0.3 is 0 Å². The van der Waals surface area contributed by atoms with Gasteiger partial charge in [0.05, 0.1) is 35.0 Å². The molecule has 7 nitrogen and oxygen atoms in total. The van der Waals surface area contributed by atoms with Crippen molar-refractivity contribution in [3.63, 3.8) is 0 Å². The minimum absolute atomic E-state index is 0.0552. The number of aryl methyl sites for hydroxylation is 1. The highest BCUT2D eigenvalue weighted by atomic mass is 16.4. The Labute approximate surface area is 164 Å². The SMILES string of the molecule is Cc1nn(C(C)(C)C)c2nc(C(C)C)cc(C(=O)NCC(O)c3ccco3)c12. The molecule has 0 saturated carbocycles. The molecule has 0 saturated heterocycles. The number of pyridine rings is 1. The van der Waals surface area contributed by atoms with E-state index in [0.717, 1.165) is 16.8 Å². The maximum absolute atomic E-state index is 13.0. The first-order chi connectivity index (χ1) is 13.1. The largest absolute Gasteiger partial charge is 0.467 e. The molecular formula is C21H28N4O3. The molecule has 3 heterocycles. The summed E-state index contributed by atoms with van der Waals surface area (Å²) in [4.78, 5) is 17.8. The lowest BCUT2D eigenvalue weighted by Crippen LogP contribution is -2.29. The molecule has 3 aromatic heterocycles. The predicted molar refractivity (Wildman–Crippen MR) is 107 cm³/mol. The lowest BCUT2D eigenvalue weighted by Gasteiger charge is -2.20. The number of amides is 1. The van der Waals surface area contributed by atoms with E-state index < -0.39 is 6.10 Å². The Hall–Kier alpha value is -2.67. The zero-order chi connectivity index (χ0) is 20.6. The van der Waals surface area contributed by atoms with Gasteiger partial charge in [0, 0.05) is 5.69 Å². The maximum atomic E-state index is 13.0. The predicted octanol–water partition coefficient (Wildman–Crippen LogP) is 3.67. The molecular weight excluding hydrogens is 356 g/mol. The van der Waals surface area contributed by atoms with Gasteiger partial charge in [0.15, 0.2) is 5.65 Å². The lowest BCUT2D eigenvalue weighted by atomic mass is 10.0. The second-order valence-electron chi connectivity index (χ2n) is 8.36. The monoisotopic (exact) mass is 384 g/mol. The van der Waals surface area contributed by atoms with Gasteiger partial charge in [-0.25, -0.2) is 9.67 Å². The summed E-state index contributed by atoms with van der Waals surface area (Å²) < 4.78 is 7.06. The number of rotatable bonds is 5. The van der Waals surface area contributed by atoms with Gasteiger partial charge < -0.3 is 14.8 Å². The van der Waals surface area contributed by atoms with Crippen molar-refractivity contribution in [3.8, 4) is 0 Å². The summed E-state index contributed by atoms with van der Waals surface area (Å²) >= 11 is 0. The van der Waals surface area contributed by atoms with Crippen LogP contribution in [0.3, 0.4) is 0 Å². The second-order valence-corrected chi connectivity index (χ2v) is 8.36. The molecule has 0 aliphatic carbocycles. The Kier molecular flexibility index (Phi) is 5.30. The van der Waals surface area contributed by atoms with Crippen LogP contribution in [0.15, 0.2) is 28.9 Å². The third-order valence-corrected chi connectivity index (χ3v) is 4.63. The fraction of sp³-hybridized carbons (Fsp3) is 0.476. The van der Waals surface area contributed by atoms with Crippen LogP contribution in [0.4, 0.5) is 0 Å². The number of hydrogen-bond acceptors (Lipinski definition) is 5. The van der Waals surface area contributed by atoms with Gasteiger partial charge in [-0.1, -0.05) is 13.8 Å². The highest BCUT2D eigenvalue weighted by molar-refractivity contribution is 6.06. The molecule has 2 N–H and O–H groups in total. The van der Waals surface area contributed by atoms with Crippen molar-refractivity contribution in [1.82, 2.24) is 20.1 Å². The highest BCUT2D eigenvalue weighted by Gasteiger charge is 2.25. The minimum atomic E-state index is -0.903. The zero-order valence-electron chi connectivity index (χ0n) is 17.3. The van der Waals surface area contributed by atoms with Crippen molar-refractivity contribution in [1.29, 1.82) is 0 Å². The van der Waals surface area contributed by atoms with Crippen molar-refractivity contribution >= 4 is 16.9 Å². The van der Waals surface area contributed by atoms with Crippen LogP contribution in [0.1, 0.15) is 74.1 Å². The molecule has 0 bridgehead atoms. The van der Waals surface area contributed by atoms with E-state index in [1.807, 2.05) is 31.5 Å². The van der Waals surface area contributed by atoms with Crippen LogP contribution >= 0.6 is 0 Å². The van der Waals surface area contributed by atoms with E-state index in [1.165, 1.54) is 6.26 Å². The first-order valence-electron chi connectivity index (χ1n) is 9.50. The number of carbonyl (C=O) groups excluding carboxylic acids is 1. The number of hydrogen-bond donors (Lipinski definition) is 2. The average Bonchev–Trinajstić information content (AvgIpc) is 3.26. The molecule has 3 rings (SSSR count). The number of fused-ring (bicyclic) bond motifs is 1. The van der Waals surface area contributed by atoms with Crippen LogP contribution in [-0.4, -0.2) is 32.3 Å². The molecule has 0 aromatic carbocycles. The molecule has 1 amide bonds. The number of aliphatic hydroxyl groups is 1. The van der Waals surface area contributed by atoms with E-state index >= 15 is 0 Å². The number of carbonyl (C=O) groups is 1. The van der Waals surface area contributed by atoms with Gasteiger partial charge in [0.25, 0.3) is 5.91 Å². The number of nitrogens with one attached hydrogen (secondary N) is 1. The van der Waals surface area contributed by atoms with E-state index in [9.17, 15) is 9.90 Å². The highest BCUT2D eigenvalue weighted by Crippen LogP contribution is 2.29. The topological polar surface area (TPSA) is 93.2 Å². The van der Waals surface area contributed by atoms with Crippen LogP contribution in [0.25, 0.3) is 11.0 Å². The van der Waals surface area contributed by atoms with Crippen LogP contribution in [0.2, 0.25) is 0 Å². The quantitative estimate of drug-likeness (QED) is 0.700. The van der Waals surface area contributed by atoms with E-state index in [-0.39, 0.29) is 23.9 Å². The molecule has 0 aliphatic rings. The van der Waals surface area contributed by atoms with Crippen molar-refractivity contribution < 1.29 is 14.3 Å². The van der Waals surface area contributed by atoms with E-state index in [0.29, 0.717) is 17.0 Å². The zero-order valence-corrected chi connectivity index (χ0v) is 17.3. The van der Waals surface area contributed by atoms with Gasteiger partial charge in [-0.05, 0) is 51.8 Å². The Morgan fingerprint density at radius 1 is 1.36 bits per heavy atom. The van der Waals surface area contributed by atoms with Gasteiger partial charge in [0.2, 0.25) is 0 Å². The number of aromatic nitrogens is 3. The van der Waals surface area contributed by atoms with E-state index in [4.69, 9.17) is 9.40 Å². The molecule has 3 aromatic rings. The third kappa shape index (κ3) is 3.80. The Morgan fingerprint density at radius 3 is 2.64 bits per heavy atom. The standard InChI is InChI=1S/C21H28N4O3/c1-12(2)15-10-14(20(27)22-11-16(26)17-8-7-9-28-17)18-13(3)24-25(19(18)23-15)21(4,5)6/h7-10,12,16,26H,11H2,1-6H3,(H,22,27). The van der Waals surface area contributed by atoms with Crippen LogP contribution in [0.5, 0.6) is 0 Å². The molecule has 0 aliphatic heterocycles. The minimum Gasteiger partial charge on any atom is -0.467 e. The van der Waals surface area contributed by atoms with Crippen LogP contribution in [0, 0.1) is 6.92 Å². The Balaban J connectivity index is 2.01. The van der Waals surface area contributed by atoms with Crippen molar-refractivity contribution in [2.24, 2.45) is 0 Å². The molecule has 0 radical (unpaired) electrons. The first kappa shape index (κ1) is 20.1. The maximum Gasteiger partial charge on any atom is 0.252 e. The van der Waals surface area contributed by atoms with E-state index in [2.05, 4.69) is 31.2 Å². The van der Waals surface area contributed by atoms with Gasteiger partial charge in [-0.15, -0.1) is 0 Å². The summed E-state index contributed by atoms with van der Waals surface area (Å²) in [5.74, 6) is 0.310. The summed E-state index contributed by atoms with van der Waals surface area (Å²) in [6, 6.07) is 5.20. The summed E-state index contributed by atoms with van der Waals surface area (Å²) in [6.45, 7) is 12.2. The molecule has 7 heteroatoms. The fourth-order valence-corrected chi connectivity index (χ4v) is 3.12. The first-order valence-corrected chi connectivity index (χ1v) is 9.50. The second kappa shape index (κ2) is 7.39. The number of nitrogens with zero attached hydrogens (tertiary/aromatic N) is 3. The molecule has 1 atom stereocenters. The molecule has 0 fully saturated rings. The molecule has 1 unspecified atom stereocenters. The number of aliphatic hydroxyl groups excluding tert-OH is 1. The Morgan fingerprint density at radius 2 is 2.07 bits per heavy atom. The summed E-state index contributed by atoms with van der Waals surface area (Å²) in [7, 11) is 0. The van der Waals surface area contributed by atoms with Crippen LogP contribution in [-0.2, 0) is 5.54 Å². The van der Waals surface area contributed by atoms with Crippen molar-refractivity contribution in [3.05, 3.63) is 47.2 Å². The lowest BCUT2D eigenvalue weighted by molar-refractivity contribution is 0.0902. The fourth-order valence-electron chi connectivity index (χ4n) is 3.12. The number of furan rings is 1. The van der Waals surface area contributed by atoms with Crippen molar-refractivity contribution in [2.45, 2.75) is 59.1 Å². The van der Waals surface area contributed by atoms with E-state index in [1.54, 1.807) is 12.1 Å². The van der Waals surface area contributed by atoms with Gasteiger partial charge in [-0.2, -0.15) is 5.10 Å². The van der Waals surface area contributed by atoms with Crippen LogP contribution < -0.4 is 5.32 Å². The molecule has 150 valence electrons. The molecule has 28 heavy (non-hydrogen) atoms. The molecule has 0 spiro atoms. The summed E-state index contributed by atoms with van der Waals surface area (Å²) in [6.07, 6.45) is 0.589. The summed E-state index contributed by atoms with van der Waals surface area (Å²) in [5, 5.41) is 18.4. The Bertz CT molecular complexity index is 981. The van der Waals surface area contributed by atoms with Gasteiger partial charge in [0.1, 0.15) is 11.9 Å². The van der Waals surface area contributed by atoms with Crippen molar-refractivity contribution in [2.75, 3.05) is 6.54 Å².